The number of carboxylic acid groups (broad SMARTS) is 1. The molecule has 1 atom stereocenters. The second-order valence-corrected chi connectivity index (χ2v) is 14.0. The van der Waals surface area contributed by atoms with Crippen molar-refractivity contribution in [2.45, 2.75) is 164 Å². The molecule has 0 aromatic carbocycles. The Morgan fingerprint density at radius 2 is 1.18 bits per heavy atom. The smallest absolute Gasteiger partial charge is 0.328 e. The lowest BCUT2D eigenvalue weighted by molar-refractivity contribution is -0.131. The molecule has 0 radical (unpaired) electrons. The summed E-state index contributed by atoms with van der Waals surface area (Å²) in [6.07, 6.45) is 28.5. The summed E-state index contributed by atoms with van der Waals surface area (Å²) in [4.78, 5) is 11.5. The Morgan fingerprint density at radius 1 is 0.763 bits per heavy atom. The van der Waals surface area contributed by atoms with E-state index in [-0.39, 0.29) is 16.2 Å². The fraction of sp³-hybridized carbons (Fsp3) is 0.800. The van der Waals surface area contributed by atoms with Crippen LogP contribution in [0.15, 0.2) is 35.1 Å². The Bertz CT molecular complexity index is 772. The van der Waals surface area contributed by atoms with Crippen LogP contribution in [0.2, 0.25) is 0 Å². The Kier molecular flexibility index (Phi) is 15.7. The summed E-state index contributed by atoms with van der Waals surface area (Å²) >= 11 is 0. The molecule has 1 unspecified atom stereocenters. The van der Waals surface area contributed by atoms with Gasteiger partial charge in [-0.25, -0.2) is 4.79 Å². The molecule has 3 heteroatoms. The maximum Gasteiger partial charge on any atom is 0.328 e. The Hall–Kier alpha value is -1.51. The van der Waals surface area contributed by atoms with Crippen molar-refractivity contribution in [1.29, 1.82) is 0 Å². The van der Waals surface area contributed by atoms with Gasteiger partial charge in [-0.15, -0.1) is 0 Å². The third kappa shape index (κ3) is 13.5. The quantitative estimate of drug-likeness (QED) is 0.129. The maximum absolute atomic E-state index is 11.5. The van der Waals surface area contributed by atoms with Crippen molar-refractivity contribution in [3.05, 3.63) is 35.1 Å². The Balaban J connectivity index is 2.50. The van der Waals surface area contributed by atoms with E-state index in [4.69, 9.17) is 0 Å². The highest BCUT2D eigenvalue weighted by Gasteiger charge is 2.39. The lowest BCUT2D eigenvalue weighted by atomic mass is 9.64. The van der Waals surface area contributed by atoms with E-state index >= 15 is 0 Å². The minimum absolute atomic E-state index is 0.175. The van der Waals surface area contributed by atoms with Gasteiger partial charge in [-0.05, 0) is 34.8 Å². The van der Waals surface area contributed by atoms with Crippen molar-refractivity contribution in [2.75, 3.05) is 0 Å². The summed E-state index contributed by atoms with van der Waals surface area (Å²) in [7, 11) is 0. The lowest BCUT2D eigenvalue weighted by Gasteiger charge is -2.41. The molecule has 38 heavy (non-hydrogen) atoms. The minimum Gasteiger partial charge on any atom is -0.508 e. The van der Waals surface area contributed by atoms with Gasteiger partial charge in [0.25, 0.3) is 0 Å². The summed E-state index contributed by atoms with van der Waals surface area (Å²) in [6, 6.07) is 0. The molecule has 0 bridgehead atoms. The van der Waals surface area contributed by atoms with E-state index in [0.717, 1.165) is 24.0 Å². The molecule has 0 heterocycles. The van der Waals surface area contributed by atoms with Crippen LogP contribution in [0.1, 0.15) is 164 Å². The predicted octanol–water partition coefficient (Wildman–Crippen LogP) is 11.5. The highest BCUT2D eigenvalue weighted by molar-refractivity contribution is 5.80. The molecular formula is C35H62O3. The first-order valence-electron chi connectivity index (χ1n) is 15.9. The number of aliphatic hydroxyl groups excluding tert-OH is 1. The summed E-state index contributed by atoms with van der Waals surface area (Å²) in [5.74, 6) is -0.491. The number of carbonyl (C=O) groups is 1. The van der Waals surface area contributed by atoms with Crippen LogP contribution >= 0.6 is 0 Å². The summed E-state index contributed by atoms with van der Waals surface area (Å²) < 4.78 is 0. The number of aliphatic hydroxyl groups is 1. The average molecular weight is 531 g/mol. The van der Waals surface area contributed by atoms with Gasteiger partial charge >= 0.3 is 5.97 Å². The molecule has 1 aliphatic carbocycles. The van der Waals surface area contributed by atoms with Crippen LogP contribution in [0.4, 0.5) is 0 Å². The minimum atomic E-state index is -0.904. The van der Waals surface area contributed by atoms with Crippen LogP contribution in [0.3, 0.4) is 0 Å². The fourth-order valence-corrected chi connectivity index (χ4v) is 5.76. The average Bonchev–Trinajstić information content (AvgIpc) is 2.82. The number of carboxylic acids is 1. The first-order valence-corrected chi connectivity index (χ1v) is 15.9. The second-order valence-electron chi connectivity index (χ2n) is 14.0. The molecule has 0 saturated heterocycles. The zero-order chi connectivity index (χ0) is 28.7. The van der Waals surface area contributed by atoms with Crippen molar-refractivity contribution in [1.82, 2.24) is 0 Å². The van der Waals surface area contributed by atoms with Crippen LogP contribution in [-0.2, 0) is 4.79 Å². The molecule has 1 rings (SSSR count). The molecule has 2 N–H and O–H groups in total. The molecule has 220 valence electrons. The van der Waals surface area contributed by atoms with Crippen molar-refractivity contribution in [2.24, 2.45) is 16.2 Å². The van der Waals surface area contributed by atoms with Crippen LogP contribution in [-0.4, -0.2) is 16.2 Å². The molecule has 0 spiro atoms. The van der Waals surface area contributed by atoms with Crippen molar-refractivity contribution < 1.29 is 15.0 Å². The summed E-state index contributed by atoms with van der Waals surface area (Å²) in [5.41, 5.74) is 1.24. The van der Waals surface area contributed by atoms with Crippen molar-refractivity contribution in [3.8, 4) is 0 Å². The maximum atomic E-state index is 11.5. The van der Waals surface area contributed by atoms with Gasteiger partial charge in [-0.1, -0.05) is 163 Å². The molecule has 0 aliphatic heterocycles. The van der Waals surface area contributed by atoms with Crippen LogP contribution < -0.4 is 0 Å². The van der Waals surface area contributed by atoms with Crippen molar-refractivity contribution in [3.63, 3.8) is 0 Å². The third-order valence-electron chi connectivity index (χ3n) is 8.25. The number of unbranched alkanes of at least 4 members (excludes halogenated alkanes) is 15. The van der Waals surface area contributed by atoms with Crippen molar-refractivity contribution >= 4 is 5.97 Å². The first kappa shape index (κ1) is 34.5. The van der Waals surface area contributed by atoms with Crippen LogP contribution in [0.5, 0.6) is 0 Å². The number of aliphatic carboxylic acids is 1. The Morgan fingerprint density at radius 3 is 1.55 bits per heavy atom. The normalized spacial score (nSPS) is 18.9. The van der Waals surface area contributed by atoms with Gasteiger partial charge in [0.2, 0.25) is 0 Å². The van der Waals surface area contributed by atoms with Gasteiger partial charge in [0.15, 0.2) is 0 Å². The van der Waals surface area contributed by atoms with E-state index in [0.29, 0.717) is 12.2 Å². The van der Waals surface area contributed by atoms with Gasteiger partial charge in [0, 0.05) is 11.5 Å². The fourth-order valence-electron chi connectivity index (χ4n) is 5.76. The second kappa shape index (κ2) is 17.2. The molecule has 3 nitrogen and oxygen atoms in total. The Labute approximate surface area is 236 Å². The standard InChI is InChI=1S/C35H62O3/c1-8-9-10-11-12-13-14-15-16-17-18-19-20-21-22-23-25-35(26-24-31(36)37)27-29(33(2,3)4)32(38)30(28-35)34(5,6)7/h24,26-27,38H,8-23,25,28H2,1-7H3,(H,36,37). The summed E-state index contributed by atoms with van der Waals surface area (Å²) in [6.45, 7) is 15.1. The van der Waals surface area contributed by atoms with Gasteiger partial charge in [-0.3, -0.25) is 0 Å². The van der Waals surface area contributed by atoms with Gasteiger partial charge in [0.1, 0.15) is 5.76 Å². The SMILES string of the molecule is CCCCCCCCCCCCCCCCCCC1(C=CC(=O)O)C=C(C(C)(C)C)C(O)=C(C(C)(C)C)C1. The number of hydrogen-bond acceptors (Lipinski definition) is 2. The molecular weight excluding hydrogens is 468 g/mol. The van der Waals surface area contributed by atoms with E-state index < -0.39 is 5.97 Å². The molecule has 0 amide bonds. The molecule has 0 aromatic heterocycles. The van der Waals surface area contributed by atoms with E-state index in [1.165, 1.54) is 102 Å². The number of hydrogen-bond donors (Lipinski definition) is 2. The molecule has 1 aliphatic rings. The van der Waals surface area contributed by atoms with Crippen LogP contribution in [0, 0.1) is 16.2 Å². The number of rotatable bonds is 19. The predicted molar refractivity (Wildman–Crippen MR) is 165 cm³/mol. The molecule has 0 aromatic rings. The van der Waals surface area contributed by atoms with E-state index in [2.05, 4.69) is 54.5 Å². The monoisotopic (exact) mass is 530 g/mol. The first-order chi connectivity index (χ1) is 17.8. The van der Waals surface area contributed by atoms with Gasteiger partial charge in [0.05, 0.1) is 0 Å². The van der Waals surface area contributed by atoms with E-state index in [1.54, 1.807) is 0 Å². The van der Waals surface area contributed by atoms with E-state index in [1.807, 2.05) is 6.08 Å². The number of allylic oxidation sites excluding steroid dienone is 4. The largest absolute Gasteiger partial charge is 0.508 e. The lowest BCUT2D eigenvalue weighted by Crippen LogP contribution is -2.30. The highest BCUT2D eigenvalue weighted by Crippen LogP contribution is 2.50. The zero-order valence-corrected chi connectivity index (χ0v) is 26.3. The third-order valence-corrected chi connectivity index (χ3v) is 8.25. The molecule has 0 fully saturated rings. The summed E-state index contributed by atoms with van der Waals surface area (Å²) in [5, 5.41) is 20.6. The van der Waals surface area contributed by atoms with Crippen LogP contribution in [0.25, 0.3) is 0 Å². The zero-order valence-electron chi connectivity index (χ0n) is 26.3. The van der Waals surface area contributed by atoms with Gasteiger partial charge < -0.3 is 10.2 Å². The van der Waals surface area contributed by atoms with Gasteiger partial charge in [-0.2, -0.15) is 0 Å². The molecule has 0 saturated carbocycles. The topological polar surface area (TPSA) is 57.5 Å². The van der Waals surface area contributed by atoms with E-state index in [9.17, 15) is 15.0 Å². The highest BCUT2D eigenvalue weighted by atomic mass is 16.4.